The van der Waals surface area contributed by atoms with Gasteiger partial charge in [-0.05, 0) is 32.6 Å². The van der Waals surface area contributed by atoms with Crippen LogP contribution in [0.3, 0.4) is 0 Å². The number of nitrogens with zero attached hydrogens (tertiary/aromatic N) is 2. The predicted octanol–water partition coefficient (Wildman–Crippen LogP) is 1.85. The number of oxazole rings is 1. The average molecular weight is 291 g/mol. The van der Waals surface area contributed by atoms with Crippen molar-refractivity contribution in [2.24, 2.45) is 0 Å². The summed E-state index contributed by atoms with van der Waals surface area (Å²) in [7, 11) is 2.02. The Morgan fingerprint density at radius 2 is 2.29 bits per heavy atom. The Balaban J connectivity index is 1.89. The Kier molecular flexibility index (Phi) is 5.16. The Morgan fingerprint density at radius 3 is 2.95 bits per heavy atom. The van der Waals surface area contributed by atoms with Crippen molar-refractivity contribution in [1.82, 2.24) is 15.2 Å². The van der Waals surface area contributed by atoms with E-state index in [4.69, 9.17) is 8.83 Å². The van der Waals surface area contributed by atoms with E-state index in [1.165, 1.54) is 0 Å². The largest absolute Gasteiger partial charge is 0.459 e. The normalized spacial score (nSPS) is 11.0. The summed E-state index contributed by atoms with van der Waals surface area (Å²) < 4.78 is 10.8. The van der Waals surface area contributed by atoms with E-state index in [0.717, 1.165) is 13.1 Å². The molecule has 1 N–H and O–H groups in total. The van der Waals surface area contributed by atoms with E-state index in [1.54, 1.807) is 25.3 Å². The number of rotatable bonds is 7. The van der Waals surface area contributed by atoms with Crippen LogP contribution in [0.5, 0.6) is 0 Å². The maximum Gasteiger partial charge on any atom is 0.263 e. The zero-order valence-corrected chi connectivity index (χ0v) is 12.7. The van der Waals surface area contributed by atoms with Crippen molar-refractivity contribution in [2.45, 2.75) is 20.3 Å². The quantitative estimate of drug-likeness (QED) is 0.843. The first kappa shape index (κ1) is 15.3. The lowest BCUT2D eigenvalue weighted by Gasteiger charge is -2.13. The predicted molar refractivity (Wildman–Crippen MR) is 78.8 cm³/mol. The number of nitrogens with one attached hydrogen (secondary N) is 1. The minimum atomic E-state index is -0.0538. The number of furan rings is 1. The molecule has 0 saturated carbocycles. The second-order valence-electron chi connectivity index (χ2n) is 4.92. The highest BCUT2D eigenvalue weighted by Gasteiger charge is 2.15. The smallest absolute Gasteiger partial charge is 0.263 e. The van der Waals surface area contributed by atoms with E-state index in [1.807, 2.05) is 7.05 Å². The third-order valence-corrected chi connectivity index (χ3v) is 3.31. The molecule has 6 nitrogen and oxygen atoms in total. The van der Waals surface area contributed by atoms with Crippen LogP contribution in [0.15, 0.2) is 27.2 Å². The number of aryl methyl sites for hydroxylation is 1. The lowest BCUT2D eigenvalue weighted by Crippen LogP contribution is -2.33. The van der Waals surface area contributed by atoms with Crippen LogP contribution in [0.25, 0.3) is 11.7 Å². The molecular weight excluding hydrogens is 270 g/mol. The second-order valence-corrected chi connectivity index (χ2v) is 4.92. The van der Waals surface area contributed by atoms with E-state index in [0.29, 0.717) is 29.6 Å². The first-order valence-corrected chi connectivity index (χ1v) is 7.05. The first-order chi connectivity index (χ1) is 10.1. The van der Waals surface area contributed by atoms with Crippen LogP contribution in [-0.2, 0) is 11.2 Å². The second kappa shape index (κ2) is 7.08. The van der Waals surface area contributed by atoms with Crippen LogP contribution in [0, 0.1) is 6.92 Å². The first-order valence-electron chi connectivity index (χ1n) is 7.05. The number of hydrogen-bond acceptors (Lipinski definition) is 5. The molecule has 0 atom stereocenters. The molecular formula is C15H21N3O3. The van der Waals surface area contributed by atoms with Gasteiger partial charge in [0.25, 0.3) is 5.89 Å². The van der Waals surface area contributed by atoms with Gasteiger partial charge in [-0.1, -0.05) is 6.92 Å². The number of amides is 1. The van der Waals surface area contributed by atoms with Crippen molar-refractivity contribution >= 4 is 5.91 Å². The number of hydrogen-bond donors (Lipinski definition) is 1. The Bertz CT molecular complexity index is 575. The molecule has 114 valence electrons. The Morgan fingerprint density at radius 1 is 1.48 bits per heavy atom. The molecule has 0 fully saturated rings. The summed E-state index contributed by atoms with van der Waals surface area (Å²) in [6, 6.07) is 3.54. The van der Waals surface area contributed by atoms with Crippen molar-refractivity contribution < 1.29 is 13.6 Å². The van der Waals surface area contributed by atoms with E-state index in [9.17, 15) is 4.79 Å². The fraction of sp³-hybridized carbons (Fsp3) is 0.467. The van der Waals surface area contributed by atoms with Gasteiger partial charge in [0.05, 0.1) is 18.4 Å². The molecule has 6 heteroatoms. The monoisotopic (exact) mass is 291 g/mol. The maximum absolute atomic E-state index is 11.9. The molecule has 2 aromatic rings. The summed E-state index contributed by atoms with van der Waals surface area (Å²) in [5, 5.41) is 2.88. The van der Waals surface area contributed by atoms with Gasteiger partial charge < -0.3 is 19.1 Å². The van der Waals surface area contributed by atoms with Gasteiger partial charge in [-0.15, -0.1) is 0 Å². The minimum Gasteiger partial charge on any atom is -0.459 e. The third kappa shape index (κ3) is 4.19. The van der Waals surface area contributed by atoms with Crippen LogP contribution in [0.2, 0.25) is 0 Å². The van der Waals surface area contributed by atoms with Crippen LogP contribution in [0.4, 0.5) is 0 Å². The van der Waals surface area contributed by atoms with E-state index >= 15 is 0 Å². The summed E-state index contributed by atoms with van der Waals surface area (Å²) >= 11 is 0. The molecule has 0 radical (unpaired) electrons. The lowest BCUT2D eigenvalue weighted by atomic mass is 10.2. The van der Waals surface area contributed by atoms with Gasteiger partial charge in [-0.2, -0.15) is 0 Å². The molecule has 0 aliphatic carbocycles. The maximum atomic E-state index is 11.9. The molecule has 0 aliphatic heterocycles. The summed E-state index contributed by atoms with van der Waals surface area (Å²) in [5.74, 6) is 1.56. The van der Waals surface area contributed by atoms with E-state index in [2.05, 4.69) is 22.1 Å². The molecule has 2 heterocycles. The van der Waals surface area contributed by atoms with Gasteiger partial charge in [0, 0.05) is 13.1 Å². The highest BCUT2D eigenvalue weighted by Crippen LogP contribution is 2.22. The number of likely N-dealkylation sites (N-methyl/N-ethyl adjacent to an activating group) is 1. The van der Waals surface area contributed by atoms with E-state index < -0.39 is 0 Å². The van der Waals surface area contributed by atoms with Gasteiger partial charge >= 0.3 is 0 Å². The van der Waals surface area contributed by atoms with Crippen molar-refractivity contribution in [3.8, 4) is 11.7 Å². The zero-order chi connectivity index (χ0) is 15.2. The van der Waals surface area contributed by atoms with Crippen LogP contribution >= 0.6 is 0 Å². The topological polar surface area (TPSA) is 71.5 Å². The van der Waals surface area contributed by atoms with Gasteiger partial charge in [0.15, 0.2) is 5.76 Å². The molecule has 0 saturated heterocycles. The fourth-order valence-electron chi connectivity index (χ4n) is 1.86. The van der Waals surface area contributed by atoms with Crippen LogP contribution in [0.1, 0.15) is 18.4 Å². The molecule has 0 aromatic carbocycles. The standard InChI is InChI=1S/C15H21N3O3/c1-4-18(3)8-7-16-14(19)10-12-11(2)21-15(17-12)13-6-5-9-20-13/h5-6,9H,4,7-8,10H2,1-3H3,(H,16,19). The van der Waals surface area contributed by atoms with Gasteiger partial charge in [-0.3, -0.25) is 4.79 Å². The van der Waals surface area contributed by atoms with Crippen LogP contribution < -0.4 is 5.32 Å². The highest BCUT2D eigenvalue weighted by atomic mass is 16.4. The van der Waals surface area contributed by atoms with Gasteiger partial charge in [-0.25, -0.2) is 4.98 Å². The Hall–Kier alpha value is -2.08. The van der Waals surface area contributed by atoms with Crippen LogP contribution in [-0.4, -0.2) is 42.5 Å². The summed E-state index contributed by atoms with van der Waals surface area (Å²) in [6.07, 6.45) is 1.78. The molecule has 1 amide bonds. The zero-order valence-electron chi connectivity index (χ0n) is 12.7. The molecule has 2 rings (SSSR count). The molecule has 2 aromatic heterocycles. The van der Waals surface area contributed by atoms with Gasteiger partial charge in [0.2, 0.25) is 5.91 Å². The summed E-state index contributed by atoms with van der Waals surface area (Å²) in [5.41, 5.74) is 0.641. The van der Waals surface area contributed by atoms with Gasteiger partial charge in [0.1, 0.15) is 5.76 Å². The van der Waals surface area contributed by atoms with Crippen molar-refractivity contribution in [3.05, 3.63) is 29.9 Å². The lowest BCUT2D eigenvalue weighted by molar-refractivity contribution is -0.120. The summed E-state index contributed by atoms with van der Waals surface area (Å²) in [4.78, 5) is 18.4. The molecule has 0 aliphatic rings. The third-order valence-electron chi connectivity index (χ3n) is 3.31. The fourth-order valence-corrected chi connectivity index (χ4v) is 1.86. The number of carbonyl (C=O) groups excluding carboxylic acids is 1. The van der Waals surface area contributed by atoms with E-state index in [-0.39, 0.29) is 12.3 Å². The minimum absolute atomic E-state index is 0.0538. The Labute approximate surface area is 124 Å². The average Bonchev–Trinajstić information content (AvgIpc) is 3.09. The van der Waals surface area contributed by atoms with Crippen molar-refractivity contribution in [2.75, 3.05) is 26.7 Å². The molecule has 0 unspecified atom stereocenters. The van der Waals surface area contributed by atoms with Crippen molar-refractivity contribution in [3.63, 3.8) is 0 Å². The summed E-state index contributed by atoms with van der Waals surface area (Å²) in [6.45, 7) is 6.30. The SMILES string of the molecule is CCN(C)CCNC(=O)Cc1nc(-c2ccco2)oc1C. The number of carbonyl (C=O) groups is 1. The highest BCUT2D eigenvalue weighted by molar-refractivity contribution is 5.78. The molecule has 0 spiro atoms. The number of aromatic nitrogens is 1. The van der Waals surface area contributed by atoms with Crippen molar-refractivity contribution in [1.29, 1.82) is 0 Å². The molecule has 21 heavy (non-hydrogen) atoms. The molecule has 0 bridgehead atoms.